The number of hydrogen-bond acceptors (Lipinski definition) is 4. The molecule has 1 aromatic rings. The number of hydrogen-bond donors (Lipinski definition) is 0. The first-order valence-electron chi connectivity index (χ1n) is 9.31. The van der Waals surface area contributed by atoms with E-state index in [1.54, 1.807) is 18.2 Å². The molecule has 2 fully saturated rings. The van der Waals surface area contributed by atoms with Gasteiger partial charge in [0.15, 0.2) is 0 Å². The molecule has 0 unspecified atom stereocenters. The fourth-order valence-corrected chi connectivity index (χ4v) is 5.08. The van der Waals surface area contributed by atoms with Crippen molar-refractivity contribution in [3.05, 3.63) is 35.9 Å². The Morgan fingerprint density at radius 2 is 1.80 bits per heavy atom. The Morgan fingerprint density at radius 1 is 1.12 bits per heavy atom. The van der Waals surface area contributed by atoms with E-state index in [1.807, 2.05) is 6.07 Å². The van der Waals surface area contributed by atoms with E-state index < -0.39 is 10.0 Å². The quantitative estimate of drug-likeness (QED) is 0.801. The molecular formula is C19H30N2O3S. The van der Waals surface area contributed by atoms with E-state index in [9.17, 15) is 8.42 Å². The summed E-state index contributed by atoms with van der Waals surface area (Å²) < 4.78 is 32.7. The SMILES string of the molecule is CC(C)S(=O)(=O)N1CCOC2(CCN(CCc3ccccc3)CC2)C1. The van der Waals surface area contributed by atoms with Gasteiger partial charge >= 0.3 is 0 Å². The van der Waals surface area contributed by atoms with E-state index in [0.29, 0.717) is 19.7 Å². The molecule has 0 aromatic heterocycles. The molecule has 1 aromatic carbocycles. The van der Waals surface area contributed by atoms with E-state index in [4.69, 9.17) is 4.74 Å². The lowest BCUT2D eigenvalue weighted by Crippen LogP contribution is -2.58. The minimum Gasteiger partial charge on any atom is -0.372 e. The van der Waals surface area contributed by atoms with Gasteiger partial charge in [-0.25, -0.2) is 8.42 Å². The number of piperidine rings is 1. The van der Waals surface area contributed by atoms with Crippen LogP contribution in [0.4, 0.5) is 0 Å². The van der Waals surface area contributed by atoms with Crippen molar-refractivity contribution in [3.8, 4) is 0 Å². The normalized spacial score (nSPS) is 22.5. The molecule has 0 aliphatic carbocycles. The van der Waals surface area contributed by atoms with Gasteiger partial charge in [-0.2, -0.15) is 4.31 Å². The first-order valence-corrected chi connectivity index (χ1v) is 10.8. The number of benzene rings is 1. The standard InChI is InChI=1S/C19H30N2O3S/c1-17(2)25(22,23)21-14-15-24-19(16-21)9-12-20(13-10-19)11-8-18-6-4-3-5-7-18/h3-7,17H,8-16H2,1-2H3. The van der Waals surface area contributed by atoms with Crippen LogP contribution in [0.25, 0.3) is 0 Å². The molecule has 0 bridgehead atoms. The first kappa shape index (κ1) is 18.8. The summed E-state index contributed by atoms with van der Waals surface area (Å²) in [4.78, 5) is 2.47. The molecule has 2 aliphatic rings. The van der Waals surface area contributed by atoms with Crippen LogP contribution in [0.3, 0.4) is 0 Å². The van der Waals surface area contributed by atoms with Gasteiger partial charge in [-0.05, 0) is 38.7 Å². The second kappa shape index (κ2) is 7.74. The number of likely N-dealkylation sites (tertiary alicyclic amines) is 1. The number of nitrogens with zero attached hydrogens (tertiary/aromatic N) is 2. The topological polar surface area (TPSA) is 49.9 Å². The van der Waals surface area contributed by atoms with Crippen LogP contribution >= 0.6 is 0 Å². The van der Waals surface area contributed by atoms with Crippen molar-refractivity contribution < 1.29 is 13.2 Å². The third-order valence-corrected chi connectivity index (χ3v) is 7.72. The smallest absolute Gasteiger partial charge is 0.216 e. The molecule has 0 radical (unpaired) electrons. The highest BCUT2D eigenvalue weighted by molar-refractivity contribution is 7.89. The molecule has 140 valence electrons. The van der Waals surface area contributed by atoms with E-state index in [2.05, 4.69) is 29.2 Å². The Hall–Kier alpha value is -0.950. The molecule has 2 saturated heterocycles. The molecule has 0 saturated carbocycles. The predicted octanol–water partition coefficient (Wildman–Crippen LogP) is 2.13. The van der Waals surface area contributed by atoms with Crippen LogP contribution in [0, 0.1) is 0 Å². The highest BCUT2D eigenvalue weighted by atomic mass is 32.2. The molecular weight excluding hydrogens is 336 g/mol. The average Bonchev–Trinajstić information content (AvgIpc) is 2.62. The maximum absolute atomic E-state index is 12.5. The minimum absolute atomic E-state index is 0.288. The van der Waals surface area contributed by atoms with Crippen molar-refractivity contribution in [1.82, 2.24) is 9.21 Å². The van der Waals surface area contributed by atoms with Crippen LogP contribution in [-0.4, -0.2) is 67.8 Å². The molecule has 3 rings (SSSR count). The van der Waals surface area contributed by atoms with Crippen molar-refractivity contribution in [2.45, 2.75) is 44.0 Å². The third kappa shape index (κ3) is 4.42. The summed E-state index contributed by atoms with van der Waals surface area (Å²) in [5.41, 5.74) is 1.08. The zero-order valence-electron chi connectivity index (χ0n) is 15.4. The molecule has 0 N–H and O–H groups in total. The zero-order chi connectivity index (χ0) is 17.9. The number of rotatable bonds is 5. The zero-order valence-corrected chi connectivity index (χ0v) is 16.2. The highest BCUT2D eigenvalue weighted by Crippen LogP contribution is 2.31. The van der Waals surface area contributed by atoms with Crippen LogP contribution in [0.15, 0.2) is 30.3 Å². The summed E-state index contributed by atoms with van der Waals surface area (Å²) in [6, 6.07) is 10.6. The van der Waals surface area contributed by atoms with Crippen molar-refractivity contribution in [1.29, 1.82) is 0 Å². The van der Waals surface area contributed by atoms with E-state index in [-0.39, 0.29) is 10.9 Å². The van der Waals surface area contributed by atoms with Gasteiger partial charge in [-0.1, -0.05) is 30.3 Å². The Bertz CT molecular complexity index is 653. The Morgan fingerprint density at radius 3 is 2.44 bits per heavy atom. The molecule has 2 aliphatic heterocycles. The summed E-state index contributed by atoms with van der Waals surface area (Å²) in [7, 11) is -3.20. The van der Waals surface area contributed by atoms with Gasteiger partial charge in [0.05, 0.1) is 17.5 Å². The van der Waals surface area contributed by atoms with Gasteiger partial charge in [0.2, 0.25) is 10.0 Å². The van der Waals surface area contributed by atoms with E-state index in [0.717, 1.165) is 38.9 Å². The summed E-state index contributed by atoms with van der Waals surface area (Å²) in [5, 5.41) is -0.367. The van der Waals surface area contributed by atoms with Crippen molar-refractivity contribution in [3.63, 3.8) is 0 Å². The summed E-state index contributed by atoms with van der Waals surface area (Å²) in [6.07, 6.45) is 2.88. The monoisotopic (exact) mass is 366 g/mol. The van der Waals surface area contributed by atoms with E-state index in [1.165, 1.54) is 5.56 Å². The fraction of sp³-hybridized carbons (Fsp3) is 0.684. The van der Waals surface area contributed by atoms with Crippen LogP contribution in [-0.2, 0) is 21.2 Å². The lowest BCUT2D eigenvalue weighted by Gasteiger charge is -2.47. The summed E-state index contributed by atoms with van der Waals surface area (Å²) in [5.74, 6) is 0. The molecule has 6 heteroatoms. The summed E-state index contributed by atoms with van der Waals surface area (Å²) in [6.45, 7) is 8.02. The lowest BCUT2D eigenvalue weighted by atomic mass is 9.90. The number of sulfonamides is 1. The number of ether oxygens (including phenoxy) is 1. The van der Waals surface area contributed by atoms with Crippen LogP contribution in [0.5, 0.6) is 0 Å². The van der Waals surface area contributed by atoms with Gasteiger partial charge in [0.1, 0.15) is 0 Å². The first-order chi connectivity index (χ1) is 11.9. The molecule has 5 nitrogen and oxygen atoms in total. The van der Waals surface area contributed by atoms with Gasteiger partial charge in [0.25, 0.3) is 0 Å². The van der Waals surface area contributed by atoms with Crippen molar-refractivity contribution in [2.24, 2.45) is 0 Å². The third-order valence-electron chi connectivity index (χ3n) is 5.50. The average molecular weight is 367 g/mol. The van der Waals surface area contributed by atoms with Gasteiger partial charge in [-0.15, -0.1) is 0 Å². The second-order valence-corrected chi connectivity index (χ2v) is 10.0. The predicted molar refractivity (Wildman–Crippen MR) is 100 cm³/mol. The Kier molecular flexibility index (Phi) is 5.83. The Balaban J connectivity index is 1.54. The molecule has 2 heterocycles. The fourth-order valence-electron chi connectivity index (χ4n) is 3.74. The molecule has 1 spiro atoms. The van der Waals surface area contributed by atoms with Gasteiger partial charge in [0, 0.05) is 32.7 Å². The lowest BCUT2D eigenvalue weighted by molar-refractivity contribution is -0.119. The largest absolute Gasteiger partial charge is 0.372 e. The van der Waals surface area contributed by atoms with Crippen molar-refractivity contribution >= 4 is 10.0 Å². The highest BCUT2D eigenvalue weighted by Gasteiger charge is 2.43. The maximum Gasteiger partial charge on any atom is 0.216 e. The maximum atomic E-state index is 12.5. The van der Waals surface area contributed by atoms with Crippen LogP contribution in [0.1, 0.15) is 32.3 Å². The minimum atomic E-state index is -3.20. The van der Waals surface area contributed by atoms with Gasteiger partial charge in [-0.3, -0.25) is 0 Å². The number of morpholine rings is 1. The Labute approximate surface area is 152 Å². The van der Waals surface area contributed by atoms with Crippen molar-refractivity contribution in [2.75, 3.05) is 39.3 Å². The second-order valence-electron chi connectivity index (χ2n) is 7.54. The van der Waals surface area contributed by atoms with Crippen LogP contribution in [0.2, 0.25) is 0 Å². The molecule has 25 heavy (non-hydrogen) atoms. The van der Waals surface area contributed by atoms with Crippen LogP contribution < -0.4 is 0 Å². The summed E-state index contributed by atoms with van der Waals surface area (Å²) >= 11 is 0. The van der Waals surface area contributed by atoms with E-state index >= 15 is 0 Å². The molecule has 0 atom stereocenters. The molecule has 0 amide bonds. The van der Waals surface area contributed by atoms with Gasteiger partial charge < -0.3 is 9.64 Å².